The van der Waals surface area contributed by atoms with Crippen molar-refractivity contribution in [2.75, 3.05) is 6.54 Å². The zero-order chi connectivity index (χ0) is 19.9. The molecule has 2 fully saturated rings. The lowest BCUT2D eigenvalue weighted by Gasteiger charge is -2.23. The third kappa shape index (κ3) is 5.79. The van der Waals surface area contributed by atoms with E-state index < -0.39 is 0 Å². The topological polar surface area (TPSA) is 49.4 Å². The van der Waals surface area contributed by atoms with Gasteiger partial charge in [0.15, 0.2) is 0 Å². The summed E-state index contributed by atoms with van der Waals surface area (Å²) in [6.07, 6.45) is 9.92. The molecule has 148 valence electrons. The number of amides is 2. The molecule has 28 heavy (non-hydrogen) atoms. The Bertz CT molecular complexity index is 796. The Hall–Kier alpha value is -1.92. The van der Waals surface area contributed by atoms with Gasteiger partial charge in [-0.05, 0) is 37.0 Å². The molecule has 0 aromatic heterocycles. The van der Waals surface area contributed by atoms with E-state index in [0.717, 1.165) is 24.0 Å². The summed E-state index contributed by atoms with van der Waals surface area (Å²) >= 11 is 6.67. The van der Waals surface area contributed by atoms with Gasteiger partial charge in [-0.15, -0.1) is 0 Å². The van der Waals surface area contributed by atoms with Gasteiger partial charge in [0, 0.05) is 19.0 Å². The van der Waals surface area contributed by atoms with Gasteiger partial charge < -0.3 is 5.32 Å². The summed E-state index contributed by atoms with van der Waals surface area (Å²) in [6.45, 7) is 2.30. The van der Waals surface area contributed by atoms with Crippen LogP contribution in [0.2, 0.25) is 0 Å². The predicted octanol–water partition coefficient (Wildman–Crippen LogP) is 4.67. The third-order valence-corrected chi connectivity index (χ3v) is 6.34. The Morgan fingerprint density at radius 3 is 2.68 bits per heavy atom. The quantitative estimate of drug-likeness (QED) is 0.543. The van der Waals surface area contributed by atoms with E-state index in [1.807, 2.05) is 49.4 Å². The fourth-order valence-electron chi connectivity index (χ4n) is 3.51. The van der Waals surface area contributed by atoms with Crippen LogP contribution in [0.25, 0.3) is 6.08 Å². The molecule has 0 radical (unpaired) electrons. The van der Waals surface area contributed by atoms with Crippen molar-refractivity contribution in [3.63, 3.8) is 0 Å². The lowest BCUT2D eigenvalue weighted by molar-refractivity contribution is -0.124. The SMILES string of the molecule is CC(/C=C1\SC(=S)N(CCC(=O)NC2CCCCC2)C1=O)=C\c1ccccc1. The number of carbonyl (C=O) groups is 2. The zero-order valence-electron chi connectivity index (χ0n) is 16.1. The van der Waals surface area contributed by atoms with E-state index >= 15 is 0 Å². The van der Waals surface area contributed by atoms with Gasteiger partial charge in [0.25, 0.3) is 5.91 Å². The van der Waals surface area contributed by atoms with Crippen molar-refractivity contribution in [1.29, 1.82) is 0 Å². The molecule has 1 aliphatic carbocycles. The van der Waals surface area contributed by atoms with Crippen LogP contribution >= 0.6 is 24.0 Å². The molecule has 1 aromatic carbocycles. The van der Waals surface area contributed by atoms with Crippen LogP contribution < -0.4 is 5.32 Å². The van der Waals surface area contributed by atoms with Gasteiger partial charge in [-0.3, -0.25) is 14.5 Å². The minimum atomic E-state index is -0.110. The molecule has 1 saturated heterocycles. The summed E-state index contributed by atoms with van der Waals surface area (Å²) in [5, 5.41) is 3.09. The van der Waals surface area contributed by atoms with Crippen LogP contribution in [0.1, 0.15) is 51.0 Å². The number of carbonyl (C=O) groups excluding carboxylic acids is 2. The number of thiocarbonyl (C=S) groups is 1. The maximum absolute atomic E-state index is 12.7. The smallest absolute Gasteiger partial charge is 0.266 e. The zero-order valence-corrected chi connectivity index (χ0v) is 17.8. The van der Waals surface area contributed by atoms with Gasteiger partial charge in [0.2, 0.25) is 5.91 Å². The molecular formula is C22H26N2O2S2. The van der Waals surface area contributed by atoms with Gasteiger partial charge in [-0.1, -0.05) is 79.7 Å². The van der Waals surface area contributed by atoms with Crippen LogP contribution in [-0.4, -0.2) is 33.6 Å². The van der Waals surface area contributed by atoms with E-state index in [9.17, 15) is 9.59 Å². The van der Waals surface area contributed by atoms with Crippen molar-refractivity contribution in [2.45, 2.75) is 51.5 Å². The van der Waals surface area contributed by atoms with Crippen LogP contribution in [0.4, 0.5) is 0 Å². The van der Waals surface area contributed by atoms with Crippen LogP contribution in [0, 0.1) is 0 Å². The molecule has 6 heteroatoms. The first kappa shape index (κ1) is 20.8. The molecule has 0 spiro atoms. The minimum absolute atomic E-state index is 0.00471. The molecule has 1 heterocycles. The Labute approximate surface area is 176 Å². The fraction of sp³-hybridized carbons (Fsp3) is 0.409. The lowest BCUT2D eigenvalue weighted by atomic mass is 9.95. The van der Waals surface area contributed by atoms with Gasteiger partial charge in [-0.2, -0.15) is 0 Å². The Morgan fingerprint density at radius 1 is 1.25 bits per heavy atom. The summed E-state index contributed by atoms with van der Waals surface area (Å²) in [4.78, 5) is 27.1. The van der Waals surface area contributed by atoms with Crippen molar-refractivity contribution in [1.82, 2.24) is 10.2 Å². The summed E-state index contributed by atoms with van der Waals surface area (Å²) in [5.74, 6) is -0.105. The van der Waals surface area contributed by atoms with E-state index in [4.69, 9.17) is 12.2 Å². The summed E-state index contributed by atoms with van der Waals surface area (Å²) in [7, 11) is 0. The number of nitrogens with zero attached hydrogens (tertiary/aromatic N) is 1. The Kier molecular flexibility index (Phi) is 7.45. The highest BCUT2D eigenvalue weighted by atomic mass is 32.2. The number of benzene rings is 1. The first-order valence-electron chi connectivity index (χ1n) is 9.81. The maximum atomic E-state index is 12.7. The number of hydrogen-bond acceptors (Lipinski definition) is 4. The number of thioether (sulfide) groups is 1. The van der Waals surface area contributed by atoms with Gasteiger partial charge in [-0.25, -0.2) is 0 Å². The van der Waals surface area contributed by atoms with Crippen molar-refractivity contribution in [2.24, 2.45) is 0 Å². The van der Waals surface area contributed by atoms with Crippen LogP contribution in [0.15, 0.2) is 46.9 Å². The fourth-order valence-corrected chi connectivity index (χ4v) is 4.87. The molecule has 1 saturated carbocycles. The standard InChI is InChI=1S/C22H26N2O2S2/c1-16(14-17-8-4-2-5-9-17)15-19-21(26)24(22(27)28-19)13-12-20(25)23-18-10-6-3-7-11-18/h2,4-5,8-9,14-15,18H,3,6-7,10-13H2,1H3,(H,23,25)/b16-14+,19-15-. The van der Waals surface area contributed by atoms with E-state index in [1.54, 1.807) is 4.90 Å². The highest BCUT2D eigenvalue weighted by Gasteiger charge is 2.32. The molecule has 3 rings (SSSR count). The largest absolute Gasteiger partial charge is 0.353 e. The van der Waals surface area contributed by atoms with Crippen molar-refractivity contribution in [3.05, 3.63) is 52.4 Å². The number of hydrogen-bond donors (Lipinski definition) is 1. The second kappa shape index (κ2) is 10.0. The average molecular weight is 415 g/mol. The molecule has 4 nitrogen and oxygen atoms in total. The van der Waals surface area contributed by atoms with Crippen LogP contribution in [-0.2, 0) is 9.59 Å². The molecule has 2 aliphatic rings. The molecular weight excluding hydrogens is 388 g/mol. The second-order valence-corrected chi connectivity index (χ2v) is 8.96. The van der Waals surface area contributed by atoms with E-state index in [1.165, 1.54) is 31.0 Å². The van der Waals surface area contributed by atoms with Crippen LogP contribution in [0.5, 0.6) is 0 Å². The molecule has 1 N–H and O–H groups in total. The highest BCUT2D eigenvalue weighted by Crippen LogP contribution is 2.32. The first-order chi connectivity index (χ1) is 13.5. The first-order valence-corrected chi connectivity index (χ1v) is 11.0. The molecule has 1 aliphatic heterocycles. The third-order valence-electron chi connectivity index (χ3n) is 4.96. The molecule has 0 bridgehead atoms. The van der Waals surface area contributed by atoms with E-state index in [-0.39, 0.29) is 24.3 Å². The monoisotopic (exact) mass is 414 g/mol. The normalized spacial score (nSPS) is 20.1. The maximum Gasteiger partial charge on any atom is 0.266 e. The van der Waals surface area contributed by atoms with Gasteiger partial charge in [0.1, 0.15) is 4.32 Å². The van der Waals surface area contributed by atoms with Crippen molar-refractivity contribution in [3.8, 4) is 0 Å². The predicted molar refractivity (Wildman–Crippen MR) is 120 cm³/mol. The van der Waals surface area contributed by atoms with Crippen molar-refractivity contribution >= 4 is 46.2 Å². The van der Waals surface area contributed by atoms with Crippen LogP contribution in [0.3, 0.4) is 0 Å². The number of rotatable bonds is 6. The van der Waals surface area contributed by atoms with Crippen molar-refractivity contribution < 1.29 is 9.59 Å². The van der Waals surface area contributed by atoms with Gasteiger partial charge >= 0.3 is 0 Å². The number of nitrogens with one attached hydrogen (secondary N) is 1. The summed E-state index contributed by atoms with van der Waals surface area (Å²) in [6, 6.07) is 10.3. The van der Waals surface area contributed by atoms with E-state index in [2.05, 4.69) is 5.32 Å². The van der Waals surface area contributed by atoms with E-state index in [0.29, 0.717) is 15.8 Å². The Morgan fingerprint density at radius 2 is 1.96 bits per heavy atom. The molecule has 0 unspecified atom stereocenters. The lowest BCUT2D eigenvalue weighted by Crippen LogP contribution is -2.39. The number of allylic oxidation sites excluding steroid dienone is 2. The molecule has 2 amide bonds. The van der Waals surface area contributed by atoms with Gasteiger partial charge in [0.05, 0.1) is 4.91 Å². The average Bonchev–Trinajstić information content (AvgIpc) is 2.94. The summed E-state index contributed by atoms with van der Waals surface area (Å²) in [5.41, 5.74) is 2.08. The molecule has 1 aromatic rings. The Balaban J connectivity index is 1.55. The minimum Gasteiger partial charge on any atom is -0.353 e. The molecule has 0 atom stereocenters. The highest BCUT2D eigenvalue weighted by molar-refractivity contribution is 8.26. The second-order valence-electron chi connectivity index (χ2n) is 7.28. The summed E-state index contributed by atoms with van der Waals surface area (Å²) < 4.78 is 0.522.